The molecule has 0 radical (unpaired) electrons. The molecular formula is C21H16N4O4. The molecule has 5 rings (SSSR count). The number of carbonyl (C=O) groups is 1. The zero-order valence-electron chi connectivity index (χ0n) is 15.2. The van der Waals surface area contributed by atoms with Crippen molar-refractivity contribution >= 4 is 16.7 Å². The Hall–Kier alpha value is -3.78. The monoisotopic (exact) mass is 388 g/mol. The van der Waals surface area contributed by atoms with Gasteiger partial charge in [-0.3, -0.25) is 9.59 Å². The normalized spacial score (nSPS) is 15.8. The third-order valence-electron chi connectivity index (χ3n) is 5.17. The van der Waals surface area contributed by atoms with E-state index in [2.05, 4.69) is 15.4 Å². The number of hydrogen-bond donors (Lipinski definition) is 2. The summed E-state index contributed by atoms with van der Waals surface area (Å²) in [6.07, 6.45) is 2.72. The van der Waals surface area contributed by atoms with Crippen molar-refractivity contribution in [3.8, 4) is 0 Å². The molecule has 1 aliphatic rings. The smallest absolute Gasteiger partial charge is 0.272 e. The zero-order valence-corrected chi connectivity index (χ0v) is 15.2. The fourth-order valence-corrected chi connectivity index (χ4v) is 3.72. The predicted molar refractivity (Wildman–Crippen MR) is 103 cm³/mol. The molecule has 0 fully saturated rings. The minimum absolute atomic E-state index is 0.0763. The first-order valence-electron chi connectivity index (χ1n) is 9.08. The summed E-state index contributed by atoms with van der Waals surface area (Å²) in [5, 5.41) is 22.0. The van der Waals surface area contributed by atoms with Crippen LogP contribution >= 0.6 is 0 Å². The van der Waals surface area contributed by atoms with E-state index in [-0.39, 0.29) is 18.0 Å². The maximum atomic E-state index is 12.7. The van der Waals surface area contributed by atoms with Crippen LogP contribution in [0.3, 0.4) is 0 Å². The molecule has 2 aromatic heterocycles. The maximum absolute atomic E-state index is 12.7. The molecule has 3 heterocycles. The number of benzene rings is 2. The van der Waals surface area contributed by atoms with Gasteiger partial charge in [0, 0.05) is 28.5 Å². The quantitative estimate of drug-likeness (QED) is 0.554. The van der Waals surface area contributed by atoms with E-state index in [1.54, 1.807) is 42.8 Å². The van der Waals surface area contributed by atoms with E-state index in [0.29, 0.717) is 34.0 Å². The van der Waals surface area contributed by atoms with Gasteiger partial charge in [-0.2, -0.15) is 5.10 Å². The second-order valence-corrected chi connectivity index (χ2v) is 6.98. The summed E-state index contributed by atoms with van der Waals surface area (Å²) < 4.78 is 4.85. The summed E-state index contributed by atoms with van der Waals surface area (Å²) in [6.45, 7) is 0.0763. The van der Waals surface area contributed by atoms with Crippen LogP contribution in [-0.4, -0.2) is 31.3 Å². The van der Waals surface area contributed by atoms with Gasteiger partial charge in [-0.1, -0.05) is 35.5 Å². The maximum Gasteiger partial charge on any atom is 0.272 e. The number of rotatable bonds is 4. The minimum Gasteiger partial charge on any atom is -0.369 e. The van der Waals surface area contributed by atoms with Gasteiger partial charge in [0.15, 0.2) is 6.23 Å². The molecule has 0 saturated heterocycles. The summed E-state index contributed by atoms with van der Waals surface area (Å²) in [6, 6.07) is 12.5. The number of amides is 1. The third-order valence-corrected chi connectivity index (χ3v) is 5.17. The van der Waals surface area contributed by atoms with Gasteiger partial charge in [0.05, 0.1) is 23.8 Å². The lowest BCUT2D eigenvalue weighted by Gasteiger charge is -2.21. The summed E-state index contributed by atoms with van der Waals surface area (Å²) in [5.41, 5.74) is 3.07. The van der Waals surface area contributed by atoms with Crippen molar-refractivity contribution < 1.29 is 14.4 Å². The van der Waals surface area contributed by atoms with Crippen molar-refractivity contribution in [1.29, 1.82) is 0 Å². The second kappa shape index (κ2) is 6.68. The average Bonchev–Trinajstić information content (AvgIpc) is 3.33. The highest BCUT2D eigenvalue weighted by Gasteiger charge is 2.35. The molecule has 1 atom stereocenters. The summed E-state index contributed by atoms with van der Waals surface area (Å²) >= 11 is 0. The van der Waals surface area contributed by atoms with Gasteiger partial charge in [0.1, 0.15) is 6.26 Å². The van der Waals surface area contributed by atoms with Gasteiger partial charge in [-0.15, -0.1) is 0 Å². The largest absolute Gasteiger partial charge is 0.369 e. The van der Waals surface area contributed by atoms with Crippen LogP contribution in [0.2, 0.25) is 0 Å². The molecule has 8 nitrogen and oxygen atoms in total. The molecule has 0 bridgehead atoms. The molecule has 0 aliphatic carbocycles. The second-order valence-electron chi connectivity index (χ2n) is 6.98. The Kier molecular flexibility index (Phi) is 3.99. The lowest BCUT2D eigenvalue weighted by atomic mass is 10.0. The van der Waals surface area contributed by atoms with Crippen LogP contribution < -0.4 is 5.56 Å². The van der Waals surface area contributed by atoms with E-state index in [1.165, 1.54) is 4.90 Å². The number of H-pyrrole nitrogens is 1. The van der Waals surface area contributed by atoms with Crippen molar-refractivity contribution in [3.63, 3.8) is 0 Å². The van der Waals surface area contributed by atoms with Crippen molar-refractivity contribution in [2.45, 2.75) is 19.2 Å². The van der Waals surface area contributed by atoms with Crippen LogP contribution in [-0.2, 0) is 13.0 Å². The van der Waals surface area contributed by atoms with Crippen LogP contribution in [0.15, 0.2) is 64.2 Å². The van der Waals surface area contributed by atoms with Gasteiger partial charge in [-0.05, 0) is 17.7 Å². The number of nitrogens with one attached hydrogen (secondary N) is 1. The van der Waals surface area contributed by atoms with E-state index in [4.69, 9.17) is 4.52 Å². The summed E-state index contributed by atoms with van der Waals surface area (Å²) in [5.74, 6) is -0.265. The first kappa shape index (κ1) is 17.3. The molecule has 1 aliphatic heterocycles. The van der Waals surface area contributed by atoms with Gasteiger partial charge < -0.3 is 14.5 Å². The fourth-order valence-electron chi connectivity index (χ4n) is 3.72. The van der Waals surface area contributed by atoms with Gasteiger partial charge in [0.25, 0.3) is 11.5 Å². The highest BCUT2D eigenvalue weighted by Crippen LogP contribution is 2.33. The van der Waals surface area contributed by atoms with E-state index in [0.717, 1.165) is 11.1 Å². The van der Waals surface area contributed by atoms with E-state index < -0.39 is 6.23 Å². The lowest BCUT2D eigenvalue weighted by Crippen LogP contribution is -2.28. The Bertz CT molecular complexity index is 1280. The number of aliphatic hydroxyl groups is 1. The number of carbonyl (C=O) groups excluding carboxylic acids is 1. The molecule has 0 saturated carbocycles. The fraction of sp³-hybridized carbons (Fsp3) is 0.143. The highest BCUT2D eigenvalue weighted by atomic mass is 16.5. The number of aromatic amines is 1. The topological polar surface area (TPSA) is 112 Å². The molecule has 0 spiro atoms. The van der Waals surface area contributed by atoms with Crippen molar-refractivity contribution in [3.05, 3.63) is 93.2 Å². The molecule has 1 amide bonds. The molecule has 29 heavy (non-hydrogen) atoms. The van der Waals surface area contributed by atoms with Gasteiger partial charge in [-0.25, -0.2) is 5.10 Å². The van der Waals surface area contributed by atoms with Crippen molar-refractivity contribution in [2.75, 3.05) is 0 Å². The van der Waals surface area contributed by atoms with Crippen molar-refractivity contribution in [1.82, 2.24) is 20.3 Å². The Balaban J connectivity index is 1.50. The average molecular weight is 388 g/mol. The molecule has 144 valence electrons. The lowest BCUT2D eigenvalue weighted by molar-refractivity contribution is 0.0133. The number of aromatic nitrogens is 3. The highest BCUT2D eigenvalue weighted by molar-refractivity contribution is 5.99. The predicted octanol–water partition coefficient (Wildman–Crippen LogP) is 2.15. The van der Waals surface area contributed by atoms with Crippen molar-refractivity contribution in [2.24, 2.45) is 0 Å². The van der Waals surface area contributed by atoms with Crippen LogP contribution in [0.25, 0.3) is 10.8 Å². The molecule has 2 aromatic carbocycles. The third kappa shape index (κ3) is 2.90. The first-order chi connectivity index (χ1) is 14.1. The first-order valence-corrected chi connectivity index (χ1v) is 9.08. The number of nitrogens with zero attached hydrogens (tertiary/aromatic N) is 3. The standard InChI is InChI=1S/C21H16N4O4/c26-19-17-8-12(7-13-9-22-29-11-13)5-6-14(17)18(23-24-19)10-25-20(27)15-3-1-2-4-16(15)21(25)28/h1-6,8-9,11,20,27H,7,10H2,(H,24,26). The van der Waals surface area contributed by atoms with E-state index >= 15 is 0 Å². The molecule has 2 N–H and O–H groups in total. The SMILES string of the molecule is O=C1c2ccccc2C(O)N1Cc1n[nH]c(=O)c2cc(Cc3cnoc3)ccc12. The minimum atomic E-state index is -1.05. The molecular weight excluding hydrogens is 372 g/mol. The zero-order chi connectivity index (χ0) is 20.0. The molecule has 8 heteroatoms. The number of aliphatic hydroxyl groups excluding tert-OH is 1. The summed E-state index contributed by atoms with van der Waals surface area (Å²) in [4.78, 5) is 26.4. The Morgan fingerprint density at radius 2 is 1.97 bits per heavy atom. The number of hydrogen-bond acceptors (Lipinski definition) is 6. The van der Waals surface area contributed by atoms with Gasteiger partial charge >= 0.3 is 0 Å². The Labute approximate surface area is 164 Å². The van der Waals surface area contributed by atoms with Gasteiger partial charge in [0.2, 0.25) is 0 Å². The summed E-state index contributed by atoms with van der Waals surface area (Å²) in [7, 11) is 0. The molecule has 1 unspecified atom stereocenters. The van der Waals surface area contributed by atoms with Crippen LogP contribution in [0.1, 0.15) is 39.0 Å². The Morgan fingerprint density at radius 3 is 2.76 bits per heavy atom. The van der Waals surface area contributed by atoms with Crippen LogP contribution in [0.5, 0.6) is 0 Å². The van der Waals surface area contributed by atoms with E-state index in [1.807, 2.05) is 12.1 Å². The van der Waals surface area contributed by atoms with Crippen LogP contribution in [0.4, 0.5) is 0 Å². The van der Waals surface area contributed by atoms with E-state index in [9.17, 15) is 14.7 Å². The Morgan fingerprint density at radius 1 is 1.10 bits per heavy atom. The van der Waals surface area contributed by atoms with Crippen LogP contribution in [0, 0.1) is 0 Å². The number of fused-ring (bicyclic) bond motifs is 2. The molecule has 4 aromatic rings.